The van der Waals surface area contributed by atoms with E-state index in [0.717, 1.165) is 5.69 Å². The van der Waals surface area contributed by atoms with Crippen LogP contribution in [0.2, 0.25) is 0 Å². The molecule has 0 unspecified atom stereocenters. The molecular formula is C32H21N. The average molecular weight is 420 g/mol. The van der Waals surface area contributed by atoms with Crippen molar-refractivity contribution in [2.45, 2.75) is 0 Å². The smallest absolute Gasteiger partial charge is 0.0540 e. The molecular weight excluding hydrogens is 398 g/mol. The van der Waals surface area contributed by atoms with Gasteiger partial charge in [-0.2, -0.15) is 0 Å². The Morgan fingerprint density at radius 2 is 0.939 bits per heavy atom. The average Bonchev–Trinajstić information content (AvgIpc) is 3.22. The van der Waals surface area contributed by atoms with Gasteiger partial charge in [-0.05, 0) is 57.3 Å². The first kappa shape index (κ1) is 18.2. The number of rotatable bonds is 3. The molecule has 0 spiro atoms. The Hall–Kier alpha value is -4.36. The van der Waals surface area contributed by atoms with E-state index in [1.165, 1.54) is 55.2 Å². The highest BCUT2D eigenvalue weighted by molar-refractivity contribution is 6.19. The van der Waals surface area contributed by atoms with Crippen molar-refractivity contribution in [1.82, 2.24) is 0 Å². The Balaban J connectivity index is 1.57. The number of hydrogen-bond donors (Lipinski definition) is 0. The fraction of sp³-hybridized carbons (Fsp3) is 0. The van der Waals surface area contributed by atoms with Gasteiger partial charge in [-0.25, -0.2) is 0 Å². The van der Waals surface area contributed by atoms with Crippen LogP contribution in [0.25, 0.3) is 43.8 Å². The molecule has 0 aliphatic heterocycles. The van der Waals surface area contributed by atoms with Gasteiger partial charge in [-0.3, -0.25) is 0 Å². The number of nitrogens with zero attached hydrogens (tertiary/aromatic N) is 1. The summed E-state index contributed by atoms with van der Waals surface area (Å²) in [5.41, 5.74) is 8.85. The summed E-state index contributed by atoms with van der Waals surface area (Å²) in [6, 6.07) is 46.0. The quantitative estimate of drug-likeness (QED) is 0.276. The van der Waals surface area contributed by atoms with Crippen LogP contribution in [0.5, 0.6) is 0 Å². The lowest BCUT2D eigenvalue weighted by atomic mass is 9.99. The van der Waals surface area contributed by atoms with Gasteiger partial charge in [-0.1, -0.05) is 103 Å². The first-order valence-electron chi connectivity index (χ1n) is 11.4. The summed E-state index contributed by atoms with van der Waals surface area (Å²) in [6.45, 7) is 0. The zero-order chi connectivity index (χ0) is 21.8. The summed E-state index contributed by atoms with van der Waals surface area (Å²) in [4.78, 5) is 2.41. The molecule has 0 N–H and O–H groups in total. The Kier molecular flexibility index (Phi) is 3.91. The standard InChI is InChI=1S/C32H21N/c1-2-12-23(13-3-1)33(30-19-8-11-22-10-4-5-14-24(22)30)31-21-20-28-26-16-7-6-15-25(26)27-17-9-18-29(31)32(27)28/h1-21H. The molecule has 33 heavy (non-hydrogen) atoms. The summed E-state index contributed by atoms with van der Waals surface area (Å²) in [6.07, 6.45) is 0. The van der Waals surface area contributed by atoms with Crippen LogP contribution in [0.15, 0.2) is 127 Å². The normalized spacial score (nSPS) is 11.6. The molecule has 154 valence electrons. The molecule has 1 aliphatic rings. The second kappa shape index (κ2) is 7.08. The summed E-state index contributed by atoms with van der Waals surface area (Å²) in [5.74, 6) is 0. The highest BCUT2D eigenvalue weighted by Crippen LogP contribution is 2.51. The fourth-order valence-electron chi connectivity index (χ4n) is 5.38. The minimum absolute atomic E-state index is 1.16. The molecule has 0 saturated carbocycles. The molecule has 0 radical (unpaired) electrons. The van der Waals surface area contributed by atoms with Crippen LogP contribution in [0.4, 0.5) is 17.1 Å². The zero-order valence-corrected chi connectivity index (χ0v) is 18.1. The molecule has 0 aromatic heterocycles. The van der Waals surface area contributed by atoms with Crippen LogP contribution < -0.4 is 4.90 Å². The molecule has 0 heterocycles. The summed E-state index contributed by atoms with van der Waals surface area (Å²) in [7, 11) is 0. The SMILES string of the molecule is c1ccc(N(c2cccc3ccccc23)c2ccc3c4c(cccc24)-c2ccccc2-3)cc1. The molecule has 1 nitrogen and oxygen atoms in total. The number of anilines is 3. The van der Waals surface area contributed by atoms with Crippen molar-refractivity contribution in [2.24, 2.45) is 0 Å². The van der Waals surface area contributed by atoms with Crippen LogP contribution in [0.3, 0.4) is 0 Å². The largest absolute Gasteiger partial charge is 0.309 e. The predicted octanol–water partition coefficient (Wildman–Crippen LogP) is 9.11. The predicted molar refractivity (Wildman–Crippen MR) is 141 cm³/mol. The van der Waals surface area contributed by atoms with Gasteiger partial charge in [0.25, 0.3) is 0 Å². The van der Waals surface area contributed by atoms with E-state index in [-0.39, 0.29) is 0 Å². The van der Waals surface area contributed by atoms with Crippen molar-refractivity contribution >= 4 is 38.6 Å². The second-order valence-electron chi connectivity index (χ2n) is 8.58. The molecule has 0 bridgehead atoms. The number of para-hydroxylation sites is 1. The minimum atomic E-state index is 1.16. The molecule has 7 rings (SSSR count). The van der Waals surface area contributed by atoms with Crippen LogP contribution in [-0.4, -0.2) is 0 Å². The molecule has 0 fully saturated rings. The Labute approximate surface area is 193 Å². The Bertz CT molecular complexity index is 1630. The lowest BCUT2D eigenvalue weighted by Gasteiger charge is -2.28. The van der Waals surface area contributed by atoms with Gasteiger partial charge in [0.2, 0.25) is 0 Å². The monoisotopic (exact) mass is 419 g/mol. The number of benzene rings is 6. The Morgan fingerprint density at radius 3 is 1.79 bits per heavy atom. The van der Waals surface area contributed by atoms with E-state index in [2.05, 4.69) is 132 Å². The molecule has 6 aromatic rings. The van der Waals surface area contributed by atoms with E-state index in [1.54, 1.807) is 0 Å². The van der Waals surface area contributed by atoms with E-state index < -0.39 is 0 Å². The van der Waals surface area contributed by atoms with E-state index in [1.807, 2.05) is 0 Å². The van der Waals surface area contributed by atoms with Crippen molar-refractivity contribution in [2.75, 3.05) is 4.90 Å². The van der Waals surface area contributed by atoms with Crippen molar-refractivity contribution in [3.05, 3.63) is 127 Å². The van der Waals surface area contributed by atoms with E-state index in [4.69, 9.17) is 0 Å². The molecule has 0 atom stereocenters. The lowest BCUT2D eigenvalue weighted by Crippen LogP contribution is -2.11. The molecule has 6 aromatic carbocycles. The zero-order valence-electron chi connectivity index (χ0n) is 18.1. The van der Waals surface area contributed by atoms with Gasteiger partial charge >= 0.3 is 0 Å². The number of fused-ring (bicyclic) bond motifs is 4. The van der Waals surface area contributed by atoms with Gasteiger partial charge in [-0.15, -0.1) is 0 Å². The van der Waals surface area contributed by atoms with Crippen LogP contribution in [0, 0.1) is 0 Å². The molecule has 0 saturated heterocycles. The van der Waals surface area contributed by atoms with Crippen LogP contribution >= 0.6 is 0 Å². The first-order chi connectivity index (χ1) is 16.4. The lowest BCUT2D eigenvalue weighted by molar-refractivity contribution is 1.31. The second-order valence-corrected chi connectivity index (χ2v) is 8.58. The summed E-state index contributed by atoms with van der Waals surface area (Å²) >= 11 is 0. The summed E-state index contributed by atoms with van der Waals surface area (Å²) < 4.78 is 0. The van der Waals surface area contributed by atoms with E-state index in [0.29, 0.717) is 0 Å². The van der Waals surface area contributed by atoms with Crippen molar-refractivity contribution in [3.8, 4) is 22.3 Å². The topological polar surface area (TPSA) is 3.24 Å². The van der Waals surface area contributed by atoms with Crippen molar-refractivity contribution < 1.29 is 0 Å². The third-order valence-electron chi connectivity index (χ3n) is 6.79. The third kappa shape index (κ3) is 2.66. The highest BCUT2D eigenvalue weighted by Gasteiger charge is 2.24. The first-order valence-corrected chi connectivity index (χ1v) is 11.4. The van der Waals surface area contributed by atoms with E-state index >= 15 is 0 Å². The van der Waals surface area contributed by atoms with Gasteiger partial charge in [0.1, 0.15) is 0 Å². The maximum absolute atomic E-state index is 2.41. The minimum Gasteiger partial charge on any atom is -0.309 e. The van der Waals surface area contributed by atoms with Gasteiger partial charge in [0.05, 0.1) is 11.4 Å². The van der Waals surface area contributed by atoms with Crippen molar-refractivity contribution in [3.63, 3.8) is 0 Å². The van der Waals surface area contributed by atoms with Gasteiger partial charge < -0.3 is 4.90 Å². The molecule has 0 amide bonds. The Morgan fingerprint density at radius 1 is 0.364 bits per heavy atom. The highest BCUT2D eigenvalue weighted by atomic mass is 15.1. The maximum Gasteiger partial charge on any atom is 0.0540 e. The van der Waals surface area contributed by atoms with Gasteiger partial charge in [0, 0.05) is 16.5 Å². The number of hydrogen-bond acceptors (Lipinski definition) is 1. The van der Waals surface area contributed by atoms with Gasteiger partial charge in [0.15, 0.2) is 0 Å². The van der Waals surface area contributed by atoms with E-state index in [9.17, 15) is 0 Å². The third-order valence-corrected chi connectivity index (χ3v) is 6.79. The van der Waals surface area contributed by atoms with Crippen LogP contribution in [0.1, 0.15) is 0 Å². The summed E-state index contributed by atoms with van der Waals surface area (Å²) in [5, 5.41) is 5.11. The maximum atomic E-state index is 2.41. The van der Waals surface area contributed by atoms with Crippen molar-refractivity contribution in [1.29, 1.82) is 0 Å². The van der Waals surface area contributed by atoms with Crippen LogP contribution in [-0.2, 0) is 0 Å². The molecule has 1 aliphatic carbocycles. The fourth-order valence-corrected chi connectivity index (χ4v) is 5.38. The molecule has 1 heteroatoms.